The molecule has 29 heavy (non-hydrogen) atoms. The van der Waals surface area contributed by atoms with Crippen LogP contribution < -0.4 is 10.6 Å². The summed E-state index contributed by atoms with van der Waals surface area (Å²) in [6.45, 7) is 2.74. The van der Waals surface area contributed by atoms with E-state index >= 15 is 0 Å². The van der Waals surface area contributed by atoms with Crippen LogP contribution in [0.1, 0.15) is 48.8 Å². The molecule has 2 fully saturated rings. The predicted molar refractivity (Wildman–Crippen MR) is 114 cm³/mol. The number of carbonyl (C=O) groups excluding carboxylic acids is 1. The zero-order valence-corrected chi connectivity index (χ0v) is 17.1. The molecule has 4 heteroatoms. The highest BCUT2D eigenvalue weighted by Crippen LogP contribution is 2.41. The van der Waals surface area contributed by atoms with Crippen LogP contribution in [0.4, 0.5) is 4.39 Å². The highest BCUT2D eigenvalue weighted by Gasteiger charge is 2.37. The maximum Gasteiger partial charge on any atom is 0.224 e. The van der Waals surface area contributed by atoms with E-state index in [0.29, 0.717) is 13.0 Å². The molecule has 0 aromatic heterocycles. The Morgan fingerprint density at radius 2 is 1.79 bits per heavy atom. The van der Waals surface area contributed by atoms with Crippen LogP contribution in [-0.4, -0.2) is 25.5 Å². The molecule has 4 rings (SSSR count). The van der Waals surface area contributed by atoms with Crippen molar-refractivity contribution in [2.24, 2.45) is 5.92 Å². The molecule has 2 aliphatic rings. The molecule has 1 saturated heterocycles. The van der Waals surface area contributed by atoms with Crippen LogP contribution in [-0.2, 0) is 23.1 Å². The summed E-state index contributed by atoms with van der Waals surface area (Å²) in [6, 6.07) is 15.5. The summed E-state index contributed by atoms with van der Waals surface area (Å²) < 4.78 is 14.4. The van der Waals surface area contributed by atoms with Crippen molar-refractivity contribution in [1.82, 2.24) is 10.6 Å². The first kappa shape index (κ1) is 20.1. The Morgan fingerprint density at radius 1 is 1.07 bits per heavy atom. The molecule has 1 unspecified atom stereocenters. The van der Waals surface area contributed by atoms with Crippen LogP contribution in [0.25, 0.3) is 0 Å². The van der Waals surface area contributed by atoms with E-state index in [4.69, 9.17) is 0 Å². The van der Waals surface area contributed by atoms with Crippen molar-refractivity contribution in [3.8, 4) is 0 Å². The largest absolute Gasteiger partial charge is 0.355 e. The van der Waals surface area contributed by atoms with Crippen molar-refractivity contribution in [3.05, 3.63) is 71.0 Å². The van der Waals surface area contributed by atoms with E-state index in [1.165, 1.54) is 18.1 Å². The Labute approximate surface area is 173 Å². The quantitative estimate of drug-likeness (QED) is 0.741. The number of hydrogen-bond donors (Lipinski definition) is 2. The van der Waals surface area contributed by atoms with Gasteiger partial charge in [0.2, 0.25) is 5.91 Å². The van der Waals surface area contributed by atoms with Gasteiger partial charge in [-0.2, -0.15) is 0 Å². The average Bonchev–Trinajstić information content (AvgIpc) is 3.41. The standard InChI is InChI=1S/C25H31FN2O/c26-23-6-2-1-5-22(23)25(12-3-4-13-25)18-28-24(29)16-20-9-7-19(8-10-20)15-21-11-14-27-17-21/h1-2,5-10,21,27H,3-4,11-18H2,(H,28,29). The summed E-state index contributed by atoms with van der Waals surface area (Å²) in [5, 5.41) is 6.51. The van der Waals surface area contributed by atoms with Crippen molar-refractivity contribution in [2.45, 2.75) is 50.4 Å². The number of benzene rings is 2. The topological polar surface area (TPSA) is 41.1 Å². The number of hydrogen-bond acceptors (Lipinski definition) is 2. The van der Waals surface area contributed by atoms with Gasteiger partial charge in [-0.05, 0) is 67.4 Å². The van der Waals surface area contributed by atoms with Gasteiger partial charge in [0.15, 0.2) is 0 Å². The Balaban J connectivity index is 1.33. The molecular weight excluding hydrogens is 363 g/mol. The Hall–Kier alpha value is -2.20. The van der Waals surface area contributed by atoms with Crippen LogP contribution in [0.3, 0.4) is 0 Å². The smallest absolute Gasteiger partial charge is 0.224 e. The van der Waals surface area contributed by atoms with Gasteiger partial charge in [-0.1, -0.05) is 55.3 Å². The maximum absolute atomic E-state index is 14.4. The summed E-state index contributed by atoms with van der Waals surface area (Å²) in [4.78, 5) is 12.6. The van der Waals surface area contributed by atoms with E-state index in [0.717, 1.165) is 62.2 Å². The molecule has 1 aliphatic carbocycles. The van der Waals surface area contributed by atoms with Crippen LogP contribution in [0.2, 0.25) is 0 Å². The second kappa shape index (κ2) is 9.08. The van der Waals surface area contributed by atoms with Gasteiger partial charge in [-0.25, -0.2) is 4.39 Å². The fourth-order valence-electron chi connectivity index (χ4n) is 5.02. The third-order valence-corrected chi connectivity index (χ3v) is 6.70. The van der Waals surface area contributed by atoms with E-state index in [9.17, 15) is 9.18 Å². The lowest BCUT2D eigenvalue weighted by molar-refractivity contribution is -0.120. The van der Waals surface area contributed by atoms with E-state index in [1.54, 1.807) is 6.07 Å². The minimum Gasteiger partial charge on any atom is -0.355 e. The number of carbonyl (C=O) groups is 1. The molecule has 0 radical (unpaired) electrons. The summed E-state index contributed by atoms with van der Waals surface area (Å²) in [5.41, 5.74) is 2.86. The molecule has 2 aromatic rings. The molecule has 1 atom stereocenters. The second-order valence-electron chi connectivity index (χ2n) is 8.80. The normalized spacial score (nSPS) is 20.7. The lowest BCUT2D eigenvalue weighted by Gasteiger charge is -2.30. The van der Waals surface area contributed by atoms with E-state index < -0.39 is 0 Å². The van der Waals surface area contributed by atoms with Gasteiger partial charge in [0.05, 0.1) is 6.42 Å². The van der Waals surface area contributed by atoms with Crippen molar-refractivity contribution >= 4 is 5.91 Å². The maximum atomic E-state index is 14.4. The predicted octanol–water partition coefficient (Wildman–Crippen LogP) is 4.15. The van der Waals surface area contributed by atoms with Gasteiger partial charge in [0.1, 0.15) is 5.82 Å². The van der Waals surface area contributed by atoms with E-state index in [1.807, 2.05) is 12.1 Å². The molecule has 1 saturated carbocycles. The summed E-state index contributed by atoms with van der Waals surface area (Å²) in [7, 11) is 0. The Kier molecular flexibility index (Phi) is 6.29. The molecule has 1 aliphatic heterocycles. The summed E-state index contributed by atoms with van der Waals surface area (Å²) >= 11 is 0. The molecule has 1 amide bonds. The zero-order chi connectivity index (χ0) is 20.1. The minimum atomic E-state index is -0.264. The van der Waals surface area contributed by atoms with Gasteiger partial charge in [0, 0.05) is 12.0 Å². The Bertz CT molecular complexity index is 821. The van der Waals surface area contributed by atoms with Gasteiger partial charge in [-0.15, -0.1) is 0 Å². The van der Waals surface area contributed by atoms with E-state index in [-0.39, 0.29) is 17.1 Å². The lowest BCUT2D eigenvalue weighted by atomic mass is 9.78. The highest BCUT2D eigenvalue weighted by molar-refractivity contribution is 5.78. The van der Waals surface area contributed by atoms with Crippen molar-refractivity contribution in [1.29, 1.82) is 0 Å². The van der Waals surface area contributed by atoms with E-state index in [2.05, 4.69) is 34.9 Å². The highest BCUT2D eigenvalue weighted by atomic mass is 19.1. The Morgan fingerprint density at radius 3 is 2.48 bits per heavy atom. The minimum absolute atomic E-state index is 0.0142. The monoisotopic (exact) mass is 394 g/mol. The van der Waals surface area contributed by atoms with Crippen LogP contribution in [0.15, 0.2) is 48.5 Å². The number of rotatable bonds is 7. The number of amides is 1. The fraction of sp³-hybridized carbons (Fsp3) is 0.480. The molecule has 0 spiro atoms. The first-order chi connectivity index (χ1) is 14.1. The molecule has 2 aromatic carbocycles. The average molecular weight is 395 g/mol. The first-order valence-electron chi connectivity index (χ1n) is 10.9. The van der Waals surface area contributed by atoms with Crippen molar-refractivity contribution in [3.63, 3.8) is 0 Å². The molecule has 154 valence electrons. The molecule has 0 bridgehead atoms. The van der Waals surface area contributed by atoms with Gasteiger partial charge >= 0.3 is 0 Å². The molecular formula is C25H31FN2O. The fourth-order valence-corrected chi connectivity index (χ4v) is 5.02. The molecule has 3 nitrogen and oxygen atoms in total. The van der Waals surface area contributed by atoms with Gasteiger partial charge < -0.3 is 10.6 Å². The summed E-state index contributed by atoms with van der Waals surface area (Å²) in [6.07, 6.45) is 6.75. The lowest BCUT2D eigenvalue weighted by Crippen LogP contribution is -2.40. The van der Waals surface area contributed by atoms with Crippen LogP contribution in [0.5, 0.6) is 0 Å². The molecule has 2 N–H and O–H groups in total. The third-order valence-electron chi connectivity index (χ3n) is 6.70. The number of halogens is 1. The van der Waals surface area contributed by atoms with Gasteiger partial charge in [0.25, 0.3) is 0 Å². The van der Waals surface area contributed by atoms with Crippen LogP contribution in [0, 0.1) is 11.7 Å². The third kappa shape index (κ3) is 4.87. The zero-order valence-electron chi connectivity index (χ0n) is 17.1. The summed E-state index contributed by atoms with van der Waals surface area (Å²) in [5.74, 6) is 0.585. The van der Waals surface area contributed by atoms with Gasteiger partial charge in [-0.3, -0.25) is 4.79 Å². The first-order valence-corrected chi connectivity index (χ1v) is 10.9. The van der Waals surface area contributed by atoms with Crippen LogP contribution >= 0.6 is 0 Å². The number of nitrogens with one attached hydrogen (secondary N) is 2. The van der Waals surface area contributed by atoms with Crippen molar-refractivity contribution in [2.75, 3.05) is 19.6 Å². The van der Waals surface area contributed by atoms with Crippen molar-refractivity contribution < 1.29 is 9.18 Å². The SMILES string of the molecule is O=C(Cc1ccc(CC2CCNC2)cc1)NCC1(c2ccccc2F)CCCC1. The molecule has 1 heterocycles. The second-order valence-corrected chi connectivity index (χ2v) is 8.80.